The van der Waals surface area contributed by atoms with Crippen LogP contribution in [0.5, 0.6) is 0 Å². The first-order valence-corrected chi connectivity index (χ1v) is 15.0. The molecule has 4 aromatic rings. The van der Waals surface area contributed by atoms with E-state index in [1.54, 1.807) is 12.1 Å². The van der Waals surface area contributed by atoms with Gasteiger partial charge in [-0.15, -0.1) is 0 Å². The summed E-state index contributed by atoms with van der Waals surface area (Å²) in [4.78, 5) is 26.6. The highest BCUT2D eigenvalue weighted by atomic mass is 16.7. The Balaban J connectivity index is 1.23. The number of amides is 1. The Morgan fingerprint density at radius 1 is 0.773 bits per heavy atom. The first kappa shape index (κ1) is 29.6. The molecule has 0 aromatic heterocycles. The monoisotopic (exact) mass is 585 g/mol. The maximum atomic E-state index is 13.4. The van der Waals surface area contributed by atoms with Gasteiger partial charge in [0.1, 0.15) is 6.61 Å². The van der Waals surface area contributed by atoms with E-state index in [1.807, 2.05) is 101 Å². The summed E-state index contributed by atoms with van der Waals surface area (Å²) < 4.78 is 18.5. The molecule has 1 amide bonds. The minimum absolute atomic E-state index is 0.0397. The summed E-state index contributed by atoms with van der Waals surface area (Å²) in [5, 5.41) is 2.91. The van der Waals surface area contributed by atoms with E-state index >= 15 is 0 Å². The van der Waals surface area contributed by atoms with Gasteiger partial charge in [0.2, 0.25) is 0 Å². The summed E-state index contributed by atoms with van der Waals surface area (Å²) in [6.07, 6.45) is 1.34. The van der Waals surface area contributed by atoms with Gasteiger partial charge in [0, 0.05) is 23.6 Å². The lowest BCUT2D eigenvalue weighted by Gasteiger charge is -2.32. The fourth-order valence-corrected chi connectivity index (χ4v) is 5.79. The Bertz CT molecular complexity index is 1670. The number of carbonyl (C=O) groups is 2. The second-order valence-corrected chi connectivity index (χ2v) is 12.3. The predicted octanol–water partition coefficient (Wildman–Crippen LogP) is 7.47. The molecule has 1 fully saturated rings. The van der Waals surface area contributed by atoms with E-state index in [2.05, 4.69) is 29.6 Å². The van der Waals surface area contributed by atoms with E-state index in [0.717, 1.165) is 11.1 Å². The summed E-state index contributed by atoms with van der Waals surface area (Å²) >= 11 is 0. The van der Waals surface area contributed by atoms with Gasteiger partial charge < -0.3 is 19.4 Å². The first-order valence-electron chi connectivity index (χ1n) is 15.0. The highest BCUT2D eigenvalue weighted by Gasteiger charge is 2.52. The van der Waals surface area contributed by atoms with Crippen LogP contribution in [0.1, 0.15) is 66.2 Å². The number of benzene rings is 4. The largest absolute Gasteiger partial charge is 0.492 e. The van der Waals surface area contributed by atoms with Crippen LogP contribution in [0.25, 0.3) is 17.2 Å². The number of hydrogen-bond acceptors (Lipinski definition) is 5. The van der Waals surface area contributed by atoms with Gasteiger partial charge in [-0.1, -0.05) is 109 Å². The van der Waals surface area contributed by atoms with Crippen LogP contribution < -0.4 is 5.32 Å². The molecule has 1 saturated heterocycles. The minimum atomic E-state index is -0.728. The Labute approximate surface area is 259 Å². The molecule has 0 atom stereocenters. The van der Waals surface area contributed by atoms with Gasteiger partial charge in [-0.05, 0) is 61.0 Å². The molecule has 7 heteroatoms. The number of nitrogens with one attached hydrogen (secondary N) is 1. The molecule has 44 heavy (non-hydrogen) atoms. The van der Waals surface area contributed by atoms with E-state index in [4.69, 9.17) is 14.0 Å². The van der Waals surface area contributed by atoms with Crippen LogP contribution in [0.15, 0.2) is 109 Å². The number of hydrogen-bond donors (Lipinski definition) is 1. The van der Waals surface area contributed by atoms with Crippen molar-refractivity contribution < 1.29 is 23.6 Å². The molecule has 222 valence electrons. The molecular formula is C37H36BNO5. The molecule has 1 N–H and O–H groups in total. The SMILES string of the molecule is CC1(C)OB(C(=Cc2ccccc2C(=O)c2ccccc2)CNC(=O)OCC2c3ccccc3-c3ccccc32)OC1(C)C. The number of fused-ring (bicyclic) bond motifs is 3. The van der Waals surface area contributed by atoms with Crippen molar-refractivity contribution in [1.82, 2.24) is 5.32 Å². The maximum Gasteiger partial charge on any atom is 0.492 e. The molecule has 6 rings (SSSR count). The smallest absolute Gasteiger partial charge is 0.449 e. The molecule has 2 aliphatic rings. The Hall–Kier alpha value is -4.46. The zero-order chi connectivity index (χ0) is 30.9. The third kappa shape index (κ3) is 5.73. The highest BCUT2D eigenvalue weighted by Crippen LogP contribution is 2.44. The van der Waals surface area contributed by atoms with E-state index in [1.165, 1.54) is 11.1 Å². The summed E-state index contributed by atoms with van der Waals surface area (Å²) in [6.45, 7) is 8.26. The van der Waals surface area contributed by atoms with Crippen molar-refractivity contribution in [1.29, 1.82) is 0 Å². The lowest BCUT2D eigenvalue weighted by molar-refractivity contribution is 0.00578. The summed E-state index contributed by atoms with van der Waals surface area (Å²) in [5.74, 6) is -0.127. The number of ketones is 1. The standard InChI is InChI=1S/C37H36BNO5/c1-36(2)37(3,4)44-38(43-36)27(22-26-16-8-9-17-28(26)34(40)25-14-6-5-7-15-25)23-39-35(41)42-24-33-31-20-12-10-18-29(31)30-19-11-13-21-32(30)33/h5-22,33H,23-24H2,1-4H3,(H,39,41). The third-order valence-electron chi connectivity index (χ3n) is 8.92. The van der Waals surface area contributed by atoms with Crippen molar-refractivity contribution in [2.45, 2.75) is 44.8 Å². The van der Waals surface area contributed by atoms with Crippen molar-refractivity contribution in [2.75, 3.05) is 13.2 Å². The lowest BCUT2D eigenvalue weighted by Crippen LogP contribution is -2.41. The molecule has 0 spiro atoms. The van der Waals surface area contributed by atoms with Gasteiger partial charge >= 0.3 is 13.2 Å². The molecule has 0 saturated carbocycles. The van der Waals surface area contributed by atoms with E-state index in [0.29, 0.717) is 22.2 Å². The van der Waals surface area contributed by atoms with Gasteiger partial charge in [-0.3, -0.25) is 4.79 Å². The summed E-state index contributed by atoms with van der Waals surface area (Å²) in [7, 11) is -0.728. The van der Waals surface area contributed by atoms with E-state index < -0.39 is 24.4 Å². The molecule has 0 radical (unpaired) electrons. The quantitative estimate of drug-likeness (QED) is 0.172. The van der Waals surface area contributed by atoms with Crippen LogP contribution >= 0.6 is 0 Å². The number of rotatable bonds is 8. The van der Waals surface area contributed by atoms with Crippen LogP contribution in [0, 0.1) is 0 Å². The second-order valence-electron chi connectivity index (χ2n) is 12.3. The van der Waals surface area contributed by atoms with Crippen molar-refractivity contribution >= 4 is 25.1 Å². The third-order valence-corrected chi connectivity index (χ3v) is 8.92. The maximum absolute atomic E-state index is 13.4. The van der Waals surface area contributed by atoms with Gasteiger partial charge in [-0.25, -0.2) is 4.79 Å². The van der Waals surface area contributed by atoms with Crippen LogP contribution in [0.4, 0.5) is 4.79 Å². The molecule has 1 heterocycles. The second kappa shape index (κ2) is 11.9. The average molecular weight is 586 g/mol. The van der Waals surface area contributed by atoms with Crippen molar-refractivity contribution in [3.63, 3.8) is 0 Å². The Morgan fingerprint density at radius 2 is 1.32 bits per heavy atom. The van der Waals surface area contributed by atoms with E-state index in [-0.39, 0.29) is 24.9 Å². The van der Waals surface area contributed by atoms with Gasteiger partial charge in [0.15, 0.2) is 5.78 Å². The minimum Gasteiger partial charge on any atom is -0.449 e. The molecule has 1 aliphatic heterocycles. The topological polar surface area (TPSA) is 73.9 Å². The Kier molecular flexibility index (Phi) is 8.01. The van der Waals surface area contributed by atoms with Gasteiger partial charge in [0.25, 0.3) is 0 Å². The fourth-order valence-electron chi connectivity index (χ4n) is 5.79. The van der Waals surface area contributed by atoms with Gasteiger partial charge in [0.05, 0.1) is 11.2 Å². The van der Waals surface area contributed by atoms with Crippen molar-refractivity contribution in [3.05, 3.63) is 136 Å². The van der Waals surface area contributed by atoms with E-state index in [9.17, 15) is 9.59 Å². The van der Waals surface area contributed by atoms with Crippen LogP contribution in [0.2, 0.25) is 0 Å². The zero-order valence-electron chi connectivity index (χ0n) is 25.5. The predicted molar refractivity (Wildman–Crippen MR) is 173 cm³/mol. The molecule has 1 aliphatic carbocycles. The first-order chi connectivity index (χ1) is 21.1. The lowest BCUT2D eigenvalue weighted by atomic mass is 9.76. The molecule has 6 nitrogen and oxygen atoms in total. The summed E-state index contributed by atoms with van der Waals surface area (Å²) in [5.41, 5.74) is 6.01. The zero-order valence-corrected chi connectivity index (χ0v) is 25.5. The molecule has 0 bridgehead atoms. The van der Waals surface area contributed by atoms with Crippen molar-refractivity contribution in [3.8, 4) is 11.1 Å². The average Bonchev–Trinajstić information content (AvgIpc) is 3.46. The normalized spacial score (nSPS) is 16.7. The number of carbonyl (C=O) groups excluding carboxylic acids is 2. The molecule has 0 unspecified atom stereocenters. The Morgan fingerprint density at radius 3 is 1.95 bits per heavy atom. The van der Waals surface area contributed by atoms with Crippen LogP contribution in [0.3, 0.4) is 0 Å². The fraction of sp³-hybridized carbons (Fsp3) is 0.243. The van der Waals surface area contributed by atoms with Gasteiger partial charge in [-0.2, -0.15) is 0 Å². The number of ether oxygens (including phenoxy) is 1. The van der Waals surface area contributed by atoms with Crippen LogP contribution in [-0.2, 0) is 14.0 Å². The molecular weight excluding hydrogens is 549 g/mol. The van der Waals surface area contributed by atoms with Crippen LogP contribution in [-0.4, -0.2) is 43.3 Å². The van der Waals surface area contributed by atoms with Crippen molar-refractivity contribution in [2.24, 2.45) is 0 Å². The highest BCUT2D eigenvalue weighted by molar-refractivity contribution is 6.56. The number of alkyl carbamates (subject to hydrolysis) is 1. The molecule has 4 aromatic carbocycles. The summed E-state index contributed by atoms with van der Waals surface area (Å²) in [6, 6.07) is 33.1.